The number of carbonyl (C=O) groups excluding carboxylic acids is 1. The van der Waals surface area contributed by atoms with Crippen molar-refractivity contribution in [3.05, 3.63) is 29.3 Å². The summed E-state index contributed by atoms with van der Waals surface area (Å²) < 4.78 is 5.16. The van der Waals surface area contributed by atoms with Crippen molar-refractivity contribution in [3.8, 4) is 0 Å². The van der Waals surface area contributed by atoms with Crippen LogP contribution in [0.2, 0.25) is 0 Å². The van der Waals surface area contributed by atoms with Gasteiger partial charge in [-0.05, 0) is 51.0 Å². The lowest BCUT2D eigenvalue weighted by Crippen LogP contribution is -2.27. The summed E-state index contributed by atoms with van der Waals surface area (Å²) in [5.41, 5.74) is 7.93. The van der Waals surface area contributed by atoms with E-state index in [1.54, 1.807) is 0 Å². The van der Waals surface area contributed by atoms with E-state index >= 15 is 0 Å². The third kappa shape index (κ3) is 4.44. The topological polar surface area (TPSA) is 64.3 Å². The van der Waals surface area contributed by atoms with E-state index in [0.717, 1.165) is 11.1 Å². The molecule has 0 bridgehead atoms. The molecule has 0 aromatic heterocycles. The molecule has 0 spiro atoms. The molecule has 1 amide bonds. The summed E-state index contributed by atoms with van der Waals surface area (Å²) in [5.74, 6) is 0. The average molecular weight is 236 g/mol. The second kappa shape index (κ2) is 5.19. The van der Waals surface area contributed by atoms with Gasteiger partial charge in [-0.1, -0.05) is 6.07 Å². The number of rotatable bonds is 2. The molecule has 1 rings (SSSR count). The fourth-order valence-corrected chi connectivity index (χ4v) is 1.42. The Labute approximate surface area is 102 Å². The van der Waals surface area contributed by atoms with Gasteiger partial charge in [0.1, 0.15) is 5.60 Å². The normalized spacial score (nSPS) is 11.1. The average Bonchev–Trinajstić information content (AvgIpc) is 2.14. The summed E-state index contributed by atoms with van der Waals surface area (Å²) in [4.78, 5) is 11.5. The molecule has 0 atom stereocenters. The number of hydrogen-bond acceptors (Lipinski definition) is 3. The fraction of sp³-hybridized carbons (Fsp3) is 0.462. The van der Waals surface area contributed by atoms with Crippen LogP contribution in [0.4, 0.5) is 10.5 Å². The van der Waals surface area contributed by atoms with E-state index in [1.165, 1.54) is 0 Å². The number of aryl methyl sites for hydroxylation is 1. The van der Waals surface area contributed by atoms with Gasteiger partial charge < -0.3 is 10.5 Å². The zero-order chi connectivity index (χ0) is 13.1. The van der Waals surface area contributed by atoms with Crippen LogP contribution >= 0.6 is 0 Å². The molecule has 4 nitrogen and oxygen atoms in total. The minimum atomic E-state index is -0.490. The predicted octanol–water partition coefficient (Wildman–Crippen LogP) is 2.80. The zero-order valence-corrected chi connectivity index (χ0v) is 10.8. The number of nitrogens with one attached hydrogen (secondary N) is 1. The maximum absolute atomic E-state index is 11.5. The maximum Gasteiger partial charge on any atom is 0.412 e. The molecule has 1 aromatic carbocycles. The molecule has 0 radical (unpaired) electrons. The SMILES string of the molecule is Cc1cc(NC(=O)OC(C)(C)C)ccc1CN. The standard InChI is InChI=1S/C13H20N2O2/c1-9-7-11(6-5-10(9)8-14)15-12(16)17-13(2,3)4/h5-7H,8,14H2,1-4H3,(H,15,16). The van der Waals surface area contributed by atoms with Gasteiger partial charge >= 0.3 is 6.09 Å². The Kier molecular flexibility index (Phi) is 4.12. The number of carbonyl (C=O) groups is 1. The van der Waals surface area contributed by atoms with E-state index in [0.29, 0.717) is 12.2 Å². The van der Waals surface area contributed by atoms with E-state index in [4.69, 9.17) is 10.5 Å². The Morgan fingerprint density at radius 3 is 2.53 bits per heavy atom. The van der Waals surface area contributed by atoms with Crippen molar-refractivity contribution < 1.29 is 9.53 Å². The molecule has 0 saturated heterocycles. The van der Waals surface area contributed by atoms with Gasteiger partial charge in [0.15, 0.2) is 0 Å². The van der Waals surface area contributed by atoms with Gasteiger partial charge in [-0.2, -0.15) is 0 Å². The fourth-order valence-electron chi connectivity index (χ4n) is 1.42. The van der Waals surface area contributed by atoms with E-state index in [9.17, 15) is 4.79 Å². The van der Waals surface area contributed by atoms with E-state index in [1.807, 2.05) is 45.9 Å². The molecule has 3 N–H and O–H groups in total. The first-order valence-electron chi connectivity index (χ1n) is 5.61. The number of amides is 1. The third-order valence-corrected chi connectivity index (χ3v) is 2.21. The van der Waals surface area contributed by atoms with Crippen molar-refractivity contribution in [1.82, 2.24) is 0 Å². The Hall–Kier alpha value is -1.55. The Morgan fingerprint density at radius 1 is 1.41 bits per heavy atom. The first-order valence-corrected chi connectivity index (χ1v) is 5.61. The van der Waals surface area contributed by atoms with Crippen LogP contribution in [0.1, 0.15) is 31.9 Å². The number of benzene rings is 1. The molecular weight excluding hydrogens is 216 g/mol. The number of nitrogens with two attached hydrogens (primary N) is 1. The van der Waals surface area contributed by atoms with Crippen molar-refractivity contribution in [3.63, 3.8) is 0 Å². The van der Waals surface area contributed by atoms with Crippen molar-refractivity contribution in [1.29, 1.82) is 0 Å². The van der Waals surface area contributed by atoms with Crippen LogP contribution in [0, 0.1) is 6.92 Å². The highest BCUT2D eigenvalue weighted by atomic mass is 16.6. The van der Waals surface area contributed by atoms with Crippen LogP contribution in [-0.2, 0) is 11.3 Å². The summed E-state index contributed by atoms with van der Waals surface area (Å²) in [6.45, 7) is 7.95. The molecule has 0 aliphatic rings. The Balaban J connectivity index is 2.69. The van der Waals surface area contributed by atoms with Crippen LogP contribution < -0.4 is 11.1 Å². The van der Waals surface area contributed by atoms with E-state index in [-0.39, 0.29) is 0 Å². The predicted molar refractivity (Wildman–Crippen MR) is 68.9 cm³/mol. The second-order valence-corrected chi connectivity index (χ2v) is 4.97. The molecule has 0 fully saturated rings. The minimum absolute atomic E-state index is 0.447. The van der Waals surface area contributed by atoms with Gasteiger partial charge in [-0.25, -0.2) is 4.79 Å². The number of ether oxygens (including phenoxy) is 1. The van der Waals surface area contributed by atoms with Crippen molar-refractivity contribution in [2.24, 2.45) is 5.73 Å². The summed E-state index contributed by atoms with van der Waals surface area (Å²) in [7, 11) is 0. The number of anilines is 1. The van der Waals surface area contributed by atoms with Gasteiger partial charge in [-0.3, -0.25) is 5.32 Å². The van der Waals surface area contributed by atoms with Crippen molar-refractivity contribution in [2.75, 3.05) is 5.32 Å². The highest BCUT2D eigenvalue weighted by molar-refractivity contribution is 5.85. The van der Waals surface area contributed by atoms with Gasteiger partial charge in [0.05, 0.1) is 0 Å². The molecule has 1 aromatic rings. The second-order valence-electron chi connectivity index (χ2n) is 4.97. The molecule has 0 aliphatic carbocycles. The zero-order valence-electron chi connectivity index (χ0n) is 10.8. The molecule has 94 valence electrons. The molecule has 0 unspecified atom stereocenters. The van der Waals surface area contributed by atoms with Crippen LogP contribution in [0.15, 0.2) is 18.2 Å². The van der Waals surface area contributed by atoms with Crippen molar-refractivity contribution in [2.45, 2.75) is 39.8 Å². The van der Waals surface area contributed by atoms with Crippen molar-refractivity contribution >= 4 is 11.8 Å². The molecule has 0 aliphatic heterocycles. The lowest BCUT2D eigenvalue weighted by molar-refractivity contribution is 0.0636. The first kappa shape index (κ1) is 13.5. The van der Waals surface area contributed by atoms with Crippen LogP contribution in [-0.4, -0.2) is 11.7 Å². The summed E-state index contributed by atoms with van der Waals surface area (Å²) >= 11 is 0. The van der Waals surface area contributed by atoms with Gasteiger partial charge in [0, 0.05) is 12.2 Å². The van der Waals surface area contributed by atoms with Gasteiger partial charge in [0.2, 0.25) is 0 Å². The third-order valence-electron chi connectivity index (χ3n) is 2.21. The highest BCUT2D eigenvalue weighted by Crippen LogP contribution is 2.16. The largest absolute Gasteiger partial charge is 0.444 e. The monoisotopic (exact) mass is 236 g/mol. The Bertz CT molecular complexity index is 408. The van der Waals surface area contributed by atoms with E-state index in [2.05, 4.69) is 5.32 Å². The van der Waals surface area contributed by atoms with Gasteiger partial charge in [0.25, 0.3) is 0 Å². The van der Waals surface area contributed by atoms with Crippen LogP contribution in [0.3, 0.4) is 0 Å². The Morgan fingerprint density at radius 2 is 2.06 bits per heavy atom. The first-order chi connectivity index (χ1) is 7.81. The summed E-state index contributed by atoms with van der Waals surface area (Å²) in [5, 5.41) is 2.69. The van der Waals surface area contributed by atoms with Crippen LogP contribution in [0.5, 0.6) is 0 Å². The molecular formula is C13H20N2O2. The molecule has 17 heavy (non-hydrogen) atoms. The molecule has 4 heteroatoms. The summed E-state index contributed by atoms with van der Waals surface area (Å²) in [6, 6.07) is 5.60. The summed E-state index contributed by atoms with van der Waals surface area (Å²) in [6.07, 6.45) is -0.447. The lowest BCUT2D eigenvalue weighted by atomic mass is 10.1. The van der Waals surface area contributed by atoms with E-state index < -0.39 is 11.7 Å². The minimum Gasteiger partial charge on any atom is -0.444 e. The highest BCUT2D eigenvalue weighted by Gasteiger charge is 2.16. The van der Waals surface area contributed by atoms with Gasteiger partial charge in [-0.15, -0.1) is 0 Å². The maximum atomic E-state index is 11.5. The van der Waals surface area contributed by atoms with Crippen LogP contribution in [0.25, 0.3) is 0 Å². The smallest absolute Gasteiger partial charge is 0.412 e. The quantitative estimate of drug-likeness (QED) is 0.829. The molecule has 0 saturated carbocycles. The lowest BCUT2D eigenvalue weighted by Gasteiger charge is -2.19. The molecule has 0 heterocycles. The number of hydrogen-bond donors (Lipinski definition) is 2.